The number of benzene rings is 2. The lowest BCUT2D eigenvalue weighted by Gasteiger charge is -2.08. The molecule has 31 heavy (non-hydrogen) atoms. The first-order chi connectivity index (χ1) is 15.0. The van der Waals surface area contributed by atoms with Crippen molar-refractivity contribution in [2.45, 2.75) is 18.6 Å². The molecule has 8 nitrogen and oxygen atoms in total. The molecule has 0 bridgehead atoms. The number of hydrogen-bond donors (Lipinski definition) is 1. The monoisotopic (exact) mass is 435 g/mol. The van der Waals surface area contributed by atoms with Crippen LogP contribution in [-0.2, 0) is 11.3 Å². The third-order valence-electron chi connectivity index (χ3n) is 4.71. The van der Waals surface area contributed by atoms with Gasteiger partial charge in [0.05, 0.1) is 18.6 Å². The van der Waals surface area contributed by atoms with Crippen molar-refractivity contribution < 1.29 is 9.53 Å². The Morgan fingerprint density at radius 3 is 2.71 bits per heavy atom. The van der Waals surface area contributed by atoms with Gasteiger partial charge in [0.25, 0.3) is 0 Å². The van der Waals surface area contributed by atoms with Gasteiger partial charge in [0.1, 0.15) is 5.75 Å². The van der Waals surface area contributed by atoms with Gasteiger partial charge in [0.2, 0.25) is 11.6 Å². The first kappa shape index (κ1) is 20.7. The number of hydrogen-bond acceptors (Lipinski definition) is 6. The van der Waals surface area contributed by atoms with Crippen molar-refractivity contribution in [2.24, 2.45) is 0 Å². The Labute approximate surface area is 182 Å². The number of amides is 1. The number of ether oxygens (including phenoxy) is 1. The van der Waals surface area contributed by atoms with E-state index >= 15 is 0 Å². The van der Waals surface area contributed by atoms with E-state index in [0.717, 1.165) is 5.56 Å². The number of aryl methyl sites for hydroxylation is 1. The summed E-state index contributed by atoms with van der Waals surface area (Å²) in [6, 6.07) is 15.2. The minimum atomic E-state index is -0.307. The molecule has 0 saturated heterocycles. The second kappa shape index (κ2) is 9.05. The van der Waals surface area contributed by atoms with Gasteiger partial charge in [0.15, 0.2) is 5.16 Å². The molecule has 4 rings (SSSR count). The number of thioether (sulfide) groups is 1. The Morgan fingerprint density at radius 2 is 1.94 bits per heavy atom. The average molecular weight is 436 g/mol. The third-order valence-corrected chi connectivity index (χ3v) is 5.66. The quantitative estimate of drug-likeness (QED) is 0.449. The number of fused-ring (bicyclic) bond motifs is 1. The highest BCUT2D eigenvalue weighted by Crippen LogP contribution is 2.18. The summed E-state index contributed by atoms with van der Waals surface area (Å²) in [5.74, 6) is 0.705. The molecule has 0 saturated carbocycles. The summed E-state index contributed by atoms with van der Waals surface area (Å²) < 4.78 is 8.30. The van der Waals surface area contributed by atoms with Crippen molar-refractivity contribution in [3.8, 4) is 11.4 Å². The van der Waals surface area contributed by atoms with Crippen molar-refractivity contribution >= 4 is 23.3 Å². The standard InChI is InChI=1S/C22H21N5O3S/c1-15-6-8-16(9-7-15)13-23-19(28)14-31-22-25-24-20-21(29)26(10-11-27(20)22)17-4-3-5-18(12-17)30-2/h3-12H,13-14H2,1-2H3,(H,23,28). The summed E-state index contributed by atoms with van der Waals surface area (Å²) in [6.07, 6.45) is 3.36. The van der Waals surface area contributed by atoms with E-state index in [-0.39, 0.29) is 22.9 Å². The summed E-state index contributed by atoms with van der Waals surface area (Å²) in [7, 11) is 1.57. The van der Waals surface area contributed by atoms with Crippen molar-refractivity contribution in [1.29, 1.82) is 0 Å². The van der Waals surface area contributed by atoms with Crippen molar-refractivity contribution in [3.05, 3.63) is 82.4 Å². The van der Waals surface area contributed by atoms with E-state index in [0.29, 0.717) is 23.1 Å². The highest BCUT2D eigenvalue weighted by atomic mass is 32.2. The van der Waals surface area contributed by atoms with Crippen LogP contribution in [0.4, 0.5) is 0 Å². The van der Waals surface area contributed by atoms with Crippen LogP contribution in [-0.4, -0.2) is 37.9 Å². The van der Waals surface area contributed by atoms with Crippen LogP contribution in [0, 0.1) is 6.92 Å². The molecule has 2 heterocycles. The van der Waals surface area contributed by atoms with Crippen molar-refractivity contribution in [3.63, 3.8) is 0 Å². The number of carbonyl (C=O) groups excluding carboxylic acids is 1. The molecule has 0 atom stereocenters. The molecule has 0 unspecified atom stereocenters. The molecule has 0 aliphatic rings. The van der Waals surface area contributed by atoms with E-state index in [1.807, 2.05) is 49.4 Å². The van der Waals surface area contributed by atoms with Gasteiger partial charge in [-0.25, -0.2) is 0 Å². The van der Waals surface area contributed by atoms with Gasteiger partial charge in [0, 0.05) is 25.0 Å². The molecule has 158 valence electrons. The summed E-state index contributed by atoms with van der Waals surface area (Å²) in [6.45, 7) is 2.48. The lowest BCUT2D eigenvalue weighted by atomic mass is 10.1. The van der Waals surface area contributed by atoms with Crippen LogP contribution in [0.3, 0.4) is 0 Å². The number of carbonyl (C=O) groups is 1. The second-order valence-electron chi connectivity index (χ2n) is 6.90. The average Bonchev–Trinajstić information content (AvgIpc) is 3.21. The number of methoxy groups -OCH3 is 1. The maximum absolute atomic E-state index is 12.9. The van der Waals surface area contributed by atoms with Crippen molar-refractivity contribution in [1.82, 2.24) is 24.5 Å². The summed E-state index contributed by atoms with van der Waals surface area (Å²) in [5.41, 5.74) is 2.76. The van der Waals surface area contributed by atoms with Crippen LogP contribution in [0.25, 0.3) is 11.3 Å². The van der Waals surface area contributed by atoms with E-state index in [2.05, 4.69) is 15.5 Å². The zero-order chi connectivity index (χ0) is 21.8. The van der Waals surface area contributed by atoms with E-state index in [1.54, 1.807) is 30.0 Å². The van der Waals surface area contributed by atoms with Gasteiger partial charge in [-0.05, 0) is 24.6 Å². The fraction of sp³-hybridized carbons (Fsp3) is 0.182. The van der Waals surface area contributed by atoms with Crippen LogP contribution >= 0.6 is 11.8 Å². The normalized spacial score (nSPS) is 10.9. The third kappa shape index (κ3) is 4.61. The highest BCUT2D eigenvalue weighted by Gasteiger charge is 2.13. The topological polar surface area (TPSA) is 90.5 Å². The smallest absolute Gasteiger partial charge is 0.300 e. The molecular formula is C22H21N5O3S. The molecule has 0 aliphatic carbocycles. The van der Waals surface area contributed by atoms with Crippen LogP contribution in [0.15, 0.2) is 70.9 Å². The Kier molecular flexibility index (Phi) is 6.03. The molecular weight excluding hydrogens is 414 g/mol. The molecule has 0 radical (unpaired) electrons. The predicted molar refractivity (Wildman–Crippen MR) is 119 cm³/mol. The molecule has 9 heteroatoms. The summed E-state index contributed by atoms with van der Waals surface area (Å²) in [4.78, 5) is 25.1. The number of nitrogens with one attached hydrogen (secondary N) is 1. The van der Waals surface area contributed by atoms with Crippen LogP contribution in [0.2, 0.25) is 0 Å². The summed E-state index contributed by atoms with van der Waals surface area (Å²) >= 11 is 1.23. The first-order valence-corrected chi connectivity index (χ1v) is 10.6. The van der Waals surface area contributed by atoms with Crippen molar-refractivity contribution in [2.75, 3.05) is 12.9 Å². The Morgan fingerprint density at radius 1 is 1.13 bits per heavy atom. The van der Waals surface area contributed by atoms with Gasteiger partial charge in [-0.2, -0.15) is 0 Å². The van der Waals surface area contributed by atoms with Gasteiger partial charge in [-0.1, -0.05) is 47.7 Å². The van der Waals surface area contributed by atoms with Gasteiger partial charge >= 0.3 is 5.56 Å². The van der Waals surface area contributed by atoms with E-state index in [4.69, 9.17) is 4.74 Å². The molecule has 0 aliphatic heterocycles. The first-order valence-electron chi connectivity index (χ1n) is 9.61. The number of rotatable bonds is 7. The Hall–Kier alpha value is -3.59. The molecule has 0 spiro atoms. The maximum atomic E-state index is 12.9. The second-order valence-corrected chi connectivity index (χ2v) is 7.84. The Balaban J connectivity index is 1.45. The molecule has 1 N–H and O–H groups in total. The van der Waals surface area contributed by atoms with Crippen LogP contribution in [0.1, 0.15) is 11.1 Å². The molecule has 0 fully saturated rings. The molecule has 4 aromatic rings. The lowest BCUT2D eigenvalue weighted by molar-refractivity contribution is -0.118. The molecule has 2 aromatic carbocycles. The van der Waals surface area contributed by atoms with Gasteiger partial charge in [-0.3, -0.25) is 18.6 Å². The fourth-order valence-electron chi connectivity index (χ4n) is 3.02. The highest BCUT2D eigenvalue weighted by molar-refractivity contribution is 7.99. The lowest BCUT2D eigenvalue weighted by Crippen LogP contribution is -2.24. The number of nitrogens with zero attached hydrogens (tertiary/aromatic N) is 4. The largest absolute Gasteiger partial charge is 0.497 e. The van der Waals surface area contributed by atoms with E-state index in [9.17, 15) is 9.59 Å². The summed E-state index contributed by atoms with van der Waals surface area (Å²) in [5, 5.41) is 11.5. The van der Waals surface area contributed by atoms with E-state index < -0.39 is 0 Å². The maximum Gasteiger partial charge on any atom is 0.300 e. The predicted octanol–water partition coefficient (Wildman–Crippen LogP) is 2.61. The minimum absolute atomic E-state index is 0.118. The van der Waals surface area contributed by atoms with E-state index in [1.165, 1.54) is 21.9 Å². The van der Waals surface area contributed by atoms with Crippen LogP contribution in [0.5, 0.6) is 5.75 Å². The molecule has 1 amide bonds. The van der Waals surface area contributed by atoms with Gasteiger partial charge in [-0.15, -0.1) is 10.2 Å². The SMILES string of the molecule is COc1cccc(-n2ccn3c(SCC(=O)NCc4ccc(C)cc4)nnc3c2=O)c1. The number of aromatic nitrogens is 4. The van der Waals surface area contributed by atoms with Crippen LogP contribution < -0.4 is 15.6 Å². The zero-order valence-corrected chi connectivity index (χ0v) is 17.9. The minimum Gasteiger partial charge on any atom is -0.497 e. The van der Waals surface area contributed by atoms with Gasteiger partial charge < -0.3 is 10.1 Å². The molecule has 2 aromatic heterocycles. The zero-order valence-electron chi connectivity index (χ0n) is 17.1. The fourth-order valence-corrected chi connectivity index (χ4v) is 3.76. The Bertz CT molecular complexity index is 1280.